The fourth-order valence-electron chi connectivity index (χ4n) is 1.33. The van der Waals surface area contributed by atoms with Gasteiger partial charge >= 0.3 is 0 Å². The van der Waals surface area contributed by atoms with Crippen LogP contribution in [0.5, 0.6) is 5.75 Å². The van der Waals surface area contributed by atoms with Gasteiger partial charge in [0.25, 0.3) is 0 Å². The minimum Gasteiger partial charge on any atom is -0.495 e. The zero-order valence-corrected chi connectivity index (χ0v) is 9.62. The fraction of sp³-hybridized carbons (Fsp3) is 0.300. The zero-order valence-electron chi connectivity index (χ0n) is 8.81. The maximum Gasteiger partial charge on any atom is 0.184 e. The van der Waals surface area contributed by atoms with E-state index < -0.39 is 16.0 Å². The standard InChI is InChI=1S/C10H11FO4S/c1-15-10-7(8(11)6-12)4-3-5-9(10)16(2,13)14/h3-6,8H,1-2H3. The molecule has 1 aromatic rings. The highest BCUT2D eigenvalue weighted by Gasteiger charge is 2.21. The van der Waals surface area contributed by atoms with Gasteiger partial charge in [-0.2, -0.15) is 0 Å². The molecule has 0 radical (unpaired) electrons. The molecule has 0 aliphatic carbocycles. The minimum absolute atomic E-state index is 0.0829. The van der Waals surface area contributed by atoms with Crippen molar-refractivity contribution in [2.45, 2.75) is 11.1 Å². The van der Waals surface area contributed by atoms with Crippen LogP contribution in [-0.2, 0) is 14.6 Å². The number of carbonyl (C=O) groups excluding carboxylic acids is 1. The van der Waals surface area contributed by atoms with E-state index in [1.165, 1.54) is 25.3 Å². The molecule has 0 amide bonds. The smallest absolute Gasteiger partial charge is 0.184 e. The Kier molecular flexibility index (Phi) is 3.64. The average molecular weight is 246 g/mol. The van der Waals surface area contributed by atoms with Gasteiger partial charge in [-0.3, -0.25) is 4.79 Å². The molecule has 0 aliphatic rings. The first-order valence-corrected chi connectivity index (χ1v) is 6.27. The predicted molar refractivity (Wildman–Crippen MR) is 56.0 cm³/mol. The van der Waals surface area contributed by atoms with Gasteiger partial charge in [-0.15, -0.1) is 0 Å². The number of para-hydroxylation sites is 1. The Hall–Kier alpha value is -1.43. The molecule has 88 valence electrons. The fourth-order valence-corrected chi connectivity index (χ4v) is 2.20. The maximum absolute atomic E-state index is 13.2. The van der Waals surface area contributed by atoms with Crippen LogP contribution in [0.25, 0.3) is 0 Å². The number of aldehydes is 1. The molecule has 1 rings (SSSR count). The van der Waals surface area contributed by atoms with E-state index in [2.05, 4.69) is 0 Å². The first-order chi connectivity index (χ1) is 7.41. The largest absolute Gasteiger partial charge is 0.495 e. The van der Waals surface area contributed by atoms with Crippen molar-refractivity contribution in [3.05, 3.63) is 23.8 Å². The minimum atomic E-state index is -3.52. The third kappa shape index (κ3) is 2.38. The highest BCUT2D eigenvalue weighted by Crippen LogP contribution is 2.32. The molecule has 0 N–H and O–H groups in total. The van der Waals surface area contributed by atoms with Gasteiger partial charge in [0.15, 0.2) is 22.3 Å². The number of benzene rings is 1. The molecule has 0 fully saturated rings. The van der Waals surface area contributed by atoms with Crippen LogP contribution in [-0.4, -0.2) is 28.1 Å². The third-order valence-corrected chi connectivity index (χ3v) is 3.15. The van der Waals surface area contributed by atoms with E-state index in [4.69, 9.17) is 4.74 Å². The molecular weight excluding hydrogens is 235 g/mol. The number of hydrogen-bond acceptors (Lipinski definition) is 4. The first-order valence-electron chi connectivity index (χ1n) is 4.38. The lowest BCUT2D eigenvalue weighted by Gasteiger charge is -2.12. The van der Waals surface area contributed by atoms with Crippen LogP contribution in [0.4, 0.5) is 4.39 Å². The number of hydrogen-bond donors (Lipinski definition) is 0. The summed E-state index contributed by atoms with van der Waals surface area (Å²) in [6.45, 7) is 0. The van der Waals surface area contributed by atoms with Gasteiger partial charge < -0.3 is 4.74 Å². The van der Waals surface area contributed by atoms with Crippen LogP contribution in [0, 0.1) is 0 Å². The molecule has 0 spiro atoms. The quantitative estimate of drug-likeness (QED) is 0.751. The van der Waals surface area contributed by atoms with Gasteiger partial charge in [0.1, 0.15) is 10.6 Å². The van der Waals surface area contributed by atoms with Gasteiger partial charge in [0.2, 0.25) is 0 Å². The summed E-state index contributed by atoms with van der Waals surface area (Å²) in [6, 6.07) is 3.98. The van der Waals surface area contributed by atoms with E-state index in [0.29, 0.717) is 0 Å². The second-order valence-electron chi connectivity index (χ2n) is 3.19. The van der Waals surface area contributed by atoms with Crippen molar-refractivity contribution in [1.82, 2.24) is 0 Å². The molecule has 0 bridgehead atoms. The summed E-state index contributed by atoms with van der Waals surface area (Å²) in [6.07, 6.45) is -0.816. The first kappa shape index (κ1) is 12.6. The van der Waals surface area contributed by atoms with E-state index in [9.17, 15) is 17.6 Å². The van der Waals surface area contributed by atoms with E-state index in [0.717, 1.165) is 6.26 Å². The SMILES string of the molecule is COc1c(C(F)C=O)cccc1S(C)(=O)=O. The highest BCUT2D eigenvalue weighted by atomic mass is 32.2. The van der Waals surface area contributed by atoms with Crippen LogP contribution >= 0.6 is 0 Å². The number of halogens is 1. The van der Waals surface area contributed by atoms with Gasteiger partial charge in [-0.25, -0.2) is 12.8 Å². The molecule has 4 nitrogen and oxygen atoms in total. The lowest BCUT2D eigenvalue weighted by Crippen LogP contribution is -2.05. The summed E-state index contributed by atoms with van der Waals surface area (Å²) in [7, 11) is -2.29. The second kappa shape index (κ2) is 4.61. The molecule has 0 heterocycles. The molecule has 16 heavy (non-hydrogen) atoms. The number of rotatable bonds is 4. The summed E-state index contributed by atoms with van der Waals surface area (Å²) in [4.78, 5) is 10.2. The van der Waals surface area contributed by atoms with Gasteiger partial charge in [-0.1, -0.05) is 12.1 Å². The Morgan fingerprint density at radius 2 is 2.06 bits per heavy atom. The third-order valence-electron chi connectivity index (χ3n) is 2.03. The van der Waals surface area contributed by atoms with Gasteiger partial charge in [0.05, 0.1) is 7.11 Å². The van der Waals surface area contributed by atoms with Crippen molar-refractivity contribution >= 4 is 16.1 Å². The zero-order chi connectivity index (χ0) is 12.3. The van der Waals surface area contributed by atoms with Crippen LogP contribution < -0.4 is 4.74 Å². The summed E-state index contributed by atoms with van der Waals surface area (Å²) in [5.74, 6) is -0.121. The van der Waals surface area contributed by atoms with Crippen molar-refractivity contribution in [2.24, 2.45) is 0 Å². The number of sulfone groups is 1. The van der Waals surface area contributed by atoms with Crippen molar-refractivity contribution < 1.29 is 22.3 Å². The normalized spacial score (nSPS) is 13.2. The Bertz CT molecular complexity index is 496. The number of alkyl halides is 1. The summed E-state index contributed by atoms with van der Waals surface area (Å²) < 4.78 is 40.9. The van der Waals surface area contributed by atoms with Gasteiger partial charge in [0, 0.05) is 11.8 Å². The number of carbonyl (C=O) groups is 1. The monoisotopic (exact) mass is 246 g/mol. The van der Waals surface area contributed by atoms with E-state index >= 15 is 0 Å². The van der Waals surface area contributed by atoms with Crippen molar-refractivity contribution in [2.75, 3.05) is 13.4 Å². The molecule has 6 heteroatoms. The molecule has 0 saturated carbocycles. The Morgan fingerprint density at radius 3 is 2.50 bits per heavy atom. The maximum atomic E-state index is 13.2. The van der Waals surface area contributed by atoms with Crippen LogP contribution in [0.2, 0.25) is 0 Å². The Labute approximate surface area is 93.0 Å². The average Bonchev–Trinajstić information content (AvgIpc) is 2.25. The van der Waals surface area contributed by atoms with E-state index in [1.54, 1.807) is 0 Å². The lowest BCUT2D eigenvalue weighted by molar-refractivity contribution is -0.112. The molecule has 0 aromatic heterocycles. The summed E-state index contributed by atoms with van der Waals surface area (Å²) in [5, 5.41) is 0. The van der Waals surface area contributed by atoms with Crippen LogP contribution in [0.3, 0.4) is 0 Å². The molecule has 0 aliphatic heterocycles. The second-order valence-corrected chi connectivity index (χ2v) is 5.17. The molecule has 1 aromatic carbocycles. The molecular formula is C10H11FO4S. The molecule has 1 unspecified atom stereocenters. The number of ether oxygens (including phenoxy) is 1. The molecule has 1 atom stereocenters. The van der Waals surface area contributed by atoms with E-state index in [-0.39, 0.29) is 22.5 Å². The van der Waals surface area contributed by atoms with Crippen LogP contribution in [0.1, 0.15) is 11.7 Å². The highest BCUT2D eigenvalue weighted by molar-refractivity contribution is 7.90. The lowest BCUT2D eigenvalue weighted by atomic mass is 10.1. The topological polar surface area (TPSA) is 60.4 Å². The Balaban J connectivity index is 3.50. The van der Waals surface area contributed by atoms with Crippen LogP contribution in [0.15, 0.2) is 23.1 Å². The summed E-state index contributed by atoms with van der Waals surface area (Å²) in [5.41, 5.74) is -0.0829. The van der Waals surface area contributed by atoms with E-state index in [1.807, 2.05) is 0 Å². The molecule has 0 saturated heterocycles. The van der Waals surface area contributed by atoms with Crippen molar-refractivity contribution in [3.63, 3.8) is 0 Å². The van der Waals surface area contributed by atoms with Crippen molar-refractivity contribution in [3.8, 4) is 5.75 Å². The Morgan fingerprint density at radius 1 is 1.44 bits per heavy atom. The van der Waals surface area contributed by atoms with Gasteiger partial charge in [-0.05, 0) is 6.07 Å². The summed E-state index contributed by atoms with van der Waals surface area (Å²) >= 11 is 0. The van der Waals surface area contributed by atoms with Crippen molar-refractivity contribution in [1.29, 1.82) is 0 Å². The number of methoxy groups -OCH3 is 1. The predicted octanol–water partition coefficient (Wildman–Crippen LogP) is 1.31.